The molecule has 1 N–H and O–H groups in total. The second-order valence-electron chi connectivity index (χ2n) is 6.32. The molecule has 3 rings (SSSR count). The first-order chi connectivity index (χ1) is 11.5. The van der Waals surface area contributed by atoms with Crippen LogP contribution in [0.1, 0.15) is 42.5 Å². The van der Waals surface area contributed by atoms with E-state index in [1.54, 1.807) is 19.1 Å². The average Bonchev–Trinajstić information content (AvgIpc) is 2.58. The normalized spacial score (nSPS) is 17.7. The van der Waals surface area contributed by atoms with Gasteiger partial charge in [-0.1, -0.05) is 35.9 Å². The van der Waals surface area contributed by atoms with Crippen LogP contribution < -0.4 is 10.1 Å². The van der Waals surface area contributed by atoms with Crippen LogP contribution in [0, 0.1) is 6.92 Å². The Labute approximate surface area is 148 Å². The van der Waals surface area contributed by atoms with E-state index in [2.05, 4.69) is 23.5 Å². The van der Waals surface area contributed by atoms with Gasteiger partial charge in [-0.25, -0.2) is 0 Å². The first-order valence-corrected chi connectivity index (χ1v) is 8.73. The van der Waals surface area contributed by atoms with Gasteiger partial charge in [-0.3, -0.25) is 4.79 Å². The summed E-state index contributed by atoms with van der Waals surface area (Å²) in [5.74, 6) is 0.563. The summed E-state index contributed by atoms with van der Waals surface area (Å²) in [7, 11) is 0. The van der Waals surface area contributed by atoms with E-state index in [-0.39, 0.29) is 11.9 Å². The van der Waals surface area contributed by atoms with Gasteiger partial charge in [0.15, 0.2) is 6.10 Å². The monoisotopic (exact) mass is 343 g/mol. The van der Waals surface area contributed by atoms with Gasteiger partial charge in [0, 0.05) is 5.02 Å². The molecule has 0 heterocycles. The van der Waals surface area contributed by atoms with Gasteiger partial charge in [-0.2, -0.15) is 0 Å². The summed E-state index contributed by atoms with van der Waals surface area (Å²) in [5.41, 5.74) is 3.49. The van der Waals surface area contributed by atoms with Crippen molar-refractivity contribution in [3.63, 3.8) is 0 Å². The Hall–Kier alpha value is -2.00. The van der Waals surface area contributed by atoms with E-state index in [1.807, 2.05) is 19.1 Å². The number of benzene rings is 2. The second-order valence-corrected chi connectivity index (χ2v) is 6.73. The predicted molar refractivity (Wildman–Crippen MR) is 96.5 cm³/mol. The molecule has 0 spiro atoms. The van der Waals surface area contributed by atoms with Crippen LogP contribution in [0.4, 0.5) is 0 Å². The molecule has 0 aliphatic heterocycles. The summed E-state index contributed by atoms with van der Waals surface area (Å²) in [4.78, 5) is 12.5. The highest BCUT2D eigenvalue weighted by Gasteiger charge is 2.24. The molecule has 0 radical (unpaired) electrons. The molecule has 0 saturated heterocycles. The highest BCUT2D eigenvalue weighted by atomic mass is 35.5. The lowest BCUT2D eigenvalue weighted by molar-refractivity contribution is -0.128. The van der Waals surface area contributed by atoms with Gasteiger partial charge in [0.05, 0.1) is 6.04 Å². The Balaban J connectivity index is 1.65. The van der Waals surface area contributed by atoms with Crippen LogP contribution in [-0.4, -0.2) is 12.0 Å². The van der Waals surface area contributed by atoms with Gasteiger partial charge in [0.2, 0.25) is 0 Å². The number of hydrogen-bond acceptors (Lipinski definition) is 2. The zero-order chi connectivity index (χ0) is 17.1. The molecule has 1 aliphatic rings. The standard InChI is InChI=1S/C20H22ClNO2/c1-13-12-16(10-11-18(13)21)24-14(2)20(23)22-19-9-5-7-15-6-3-4-8-17(15)19/h3-4,6,8,10-12,14,19H,5,7,9H2,1-2H3,(H,22,23)/t14-,19+/m1/s1. The summed E-state index contributed by atoms with van der Waals surface area (Å²) < 4.78 is 5.77. The van der Waals surface area contributed by atoms with E-state index in [1.165, 1.54) is 11.1 Å². The number of amides is 1. The SMILES string of the molecule is Cc1cc(O[C@H](C)C(=O)N[C@H]2CCCc3ccccc32)ccc1Cl. The third-order valence-corrected chi connectivity index (χ3v) is 4.92. The van der Waals surface area contributed by atoms with Crippen molar-refractivity contribution in [2.75, 3.05) is 0 Å². The molecule has 1 aliphatic carbocycles. The zero-order valence-electron chi connectivity index (χ0n) is 14.0. The summed E-state index contributed by atoms with van der Waals surface area (Å²) in [6.07, 6.45) is 2.58. The Morgan fingerprint density at radius 2 is 2.08 bits per heavy atom. The summed E-state index contributed by atoms with van der Waals surface area (Å²) in [5, 5.41) is 3.82. The van der Waals surface area contributed by atoms with Crippen molar-refractivity contribution in [3.8, 4) is 5.75 Å². The first-order valence-electron chi connectivity index (χ1n) is 8.35. The number of rotatable bonds is 4. The minimum Gasteiger partial charge on any atom is -0.481 e. The number of fused-ring (bicyclic) bond motifs is 1. The molecule has 2 atom stereocenters. The number of nitrogens with one attached hydrogen (secondary N) is 1. The van der Waals surface area contributed by atoms with Gasteiger partial charge in [0.25, 0.3) is 5.91 Å². The summed E-state index contributed by atoms with van der Waals surface area (Å²) >= 11 is 6.02. The van der Waals surface area contributed by atoms with E-state index in [0.29, 0.717) is 10.8 Å². The minimum absolute atomic E-state index is 0.0699. The molecule has 3 nitrogen and oxygen atoms in total. The number of carbonyl (C=O) groups is 1. The average molecular weight is 344 g/mol. The summed E-state index contributed by atoms with van der Waals surface area (Å²) in [6.45, 7) is 3.69. The van der Waals surface area contributed by atoms with Crippen molar-refractivity contribution in [3.05, 3.63) is 64.2 Å². The number of hydrogen-bond donors (Lipinski definition) is 1. The van der Waals surface area contributed by atoms with Crippen molar-refractivity contribution >= 4 is 17.5 Å². The van der Waals surface area contributed by atoms with E-state index in [4.69, 9.17) is 16.3 Å². The van der Waals surface area contributed by atoms with Crippen LogP contribution in [-0.2, 0) is 11.2 Å². The fourth-order valence-corrected chi connectivity index (χ4v) is 3.26. The Kier molecular flexibility index (Phi) is 5.10. The van der Waals surface area contributed by atoms with Crippen molar-refractivity contribution in [2.24, 2.45) is 0 Å². The molecule has 0 fully saturated rings. The fraction of sp³-hybridized carbons (Fsp3) is 0.350. The maximum atomic E-state index is 12.5. The number of ether oxygens (including phenoxy) is 1. The van der Waals surface area contributed by atoms with Crippen molar-refractivity contribution in [1.82, 2.24) is 5.32 Å². The van der Waals surface area contributed by atoms with Crippen LogP contribution >= 0.6 is 11.6 Å². The number of halogens is 1. The minimum atomic E-state index is -0.556. The van der Waals surface area contributed by atoms with E-state index >= 15 is 0 Å². The highest BCUT2D eigenvalue weighted by Crippen LogP contribution is 2.29. The maximum absolute atomic E-state index is 12.5. The van der Waals surface area contributed by atoms with Crippen LogP contribution in [0.5, 0.6) is 5.75 Å². The Bertz CT molecular complexity index is 744. The second kappa shape index (κ2) is 7.27. The summed E-state index contributed by atoms with van der Waals surface area (Å²) in [6, 6.07) is 13.8. The quantitative estimate of drug-likeness (QED) is 0.880. The maximum Gasteiger partial charge on any atom is 0.261 e. The fourth-order valence-electron chi connectivity index (χ4n) is 3.14. The molecule has 0 saturated carbocycles. The third-order valence-electron chi connectivity index (χ3n) is 4.50. The van der Waals surface area contributed by atoms with E-state index < -0.39 is 6.10 Å². The molecule has 0 aromatic heterocycles. The lowest BCUT2D eigenvalue weighted by Crippen LogP contribution is -2.39. The number of carbonyl (C=O) groups excluding carboxylic acids is 1. The third kappa shape index (κ3) is 3.73. The van der Waals surface area contributed by atoms with E-state index in [9.17, 15) is 4.79 Å². The molecule has 126 valence electrons. The van der Waals surface area contributed by atoms with Crippen molar-refractivity contribution in [2.45, 2.75) is 45.3 Å². The lowest BCUT2D eigenvalue weighted by atomic mass is 9.87. The smallest absolute Gasteiger partial charge is 0.261 e. The topological polar surface area (TPSA) is 38.3 Å². The van der Waals surface area contributed by atoms with Gasteiger partial charge in [-0.05, 0) is 68.0 Å². The molecule has 24 heavy (non-hydrogen) atoms. The predicted octanol–water partition coefficient (Wildman–Crippen LogP) is 4.61. The van der Waals surface area contributed by atoms with Crippen molar-refractivity contribution in [1.29, 1.82) is 0 Å². The van der Waals surface area contributed by atoms with Crippen molar-refractivity contribution < 1.29 is 9.53 Å². The van der Waals surface area contributed by atoms with E-state index in [0.717, 1.165) is 24.8 Å². The molecule has 0 bridgehead atoms. The van der Waals surface area contributed by atoms with Gasteiger partial charge < -0.3 is 10.1 Å². The Morgan fingerprint density at radius 1 is 1.29 bits per heavy atom. The molecule has 2 aromatic rings. The first kappa shape index (κ1) is 16.8. The molecule has 4 heteroatoms. The van der Waals surface area contributed by atoms with Crippen LogP contribution in [0.3, 0.4) is 0 Å². The highest BCUT2D eigenvalue weighted by molar-refractivity contribution is 6.31. The van der Waals surface area contributed by atoms with Gasteiger partial charge in [0.1, 0.15) is 5.75 Å². The molecule has 0 unspecified atom stereocenters. The molecular weight excluding hydrogens is 322 g/mol. The lowest BCUT2D eigenvalue weighted by Gasteiger charge is -2.27. The van der Waals surface area contributed by atoms with Gasteiger partial charge in [-0.15, -0.1) is 0 Å². The van der Waals surface area contributed by atoms with Gasteiger partial charge >= 0.3 is 0 Å². The van der Waals surface area contributed by atoms with Crippen LogP contribution in [0.2, 0.25) is 5.02 Å². The zero-order valence-corrected chi connectivity index (χ0v) is 14.8. The van der Waals surface area contributed by atoms with Crippen LogP contribution in [0.25, 0.3) is 0 Å². The largest absolute Gasteiger partial charge is 0.481 e. The Morgan fingerprint density at radius 3 is 2.88 bits per heavy atom. The number of aryl methyl sites for hydroxylation is 2. The molecule has 2 aromatic carbocycles. The molecular formula is C20H22ClNO2. The molecule has 1 amide bonds. The van der Waals surface area contributed by atoms with Crippen LogP contribution in [0.15, 0.2) is 42.5 Å².